The molecule has 0 bridgehead atoms. The molecular weight excluding hydrogens is 354 g/mol. The number of hydrogen-bond acceptors (Lipinski definition) is 3. The van der Waals surface area contributed by atoms with Crippen molar-refractivity contribution < 1.29 is 13.2 Å². The Balaban J connectivity index is 1.90. The monoisotopic (exact) mass is 365 g/mol. The number of amides is 1. The smallest absolute Gasteiger partial charge is 0.228 e. The lowest BCUT2D eigenvalue weighted by atomic mass is 10.1. The van der Waals surface area contributed by atoms with E-state index in [0.29, 0.717) is 12.0 Å². The first-order valence-corrected chi connectivity index (χ1v) is 8.78. The molecule has 4 nitrogen and oxygen atoms in total. The summed E-state index contributed by atoms with van der Waals surface area (Å²) in [6.07, 6.45) is 0.306. The van der Waals surface area contributed by atoms with Crippen LogP contribution in [0, 0.1) is 0 Å². The summed E-state index contributed by atoms with van der Waals surface area (Å²) in [4.78, 5) is 11.6. The van der Waals surface area contributed by atoms with Gasteiger partial charge >= 0.3 is 0 Å². The van der Waals surface area contributed by atoms with E-state index in [2.05, 4.69) is 21.2 Å². The Kier molecular flexibility index (Phi) is 3.59. The zero-order valence-electron chi connectivity index (χ0n) is 11.0. The van der Waals surface area contributed by atoms with Crippen LogP contribution in [-0.4, -0.2) is 14.3 Å². The summed E-state index contributed by atoms with van der Waals surface area (Å²) in [5.41, 5.74) is 2.30. The molecule has 0 unspecified atom stereocenters. The van der Waals surface area contributed by atoms with Gasteiger partial charge in [0, 0.05) is 10.2 Å². The Hall–Kier alpha value is -1.66. The van der Waals surface area contributed by atoms with Gasteiger partial charge in [0.2, 0.25) is 5.91 Å². The van der Waals surface area contributed by atoms with Gasteiger partial charge in [0.05, 0.1) is 17.1 Å². The average Bonchev–Trinajstić information content (AvgIpc) is 2.77. The van der Waals surface area contributed by atoms with Gasteiger partial charge in [0.25, 0.3) is 0 Å². The Morgan fingerprint density at radius 1 is 1.14 bits per heavy atom. The van der Waals surface area contributed by atoms with Crippen LogP contribution in [0.4, 0.5) is 5.69 Å². The van der Waals surface area contributed by atoms with Crippen molar-refractivity contribution in [2.24, 2.45) is 0 Å². The maximum atomic E-state index is 12.4. The van der Waals surface area contributed by atoms with E-state index in [1.54, 1.807) is 42.5 Å². The molecule has 1 aliphatic rings. The maximum Gasteiger partial charge on any atom is 0.228 e. The highest BCUT2D eigenvalue weighted by Crippen LogP contribution is 2.26. The van der Waals surface area contributed by atoms with Crippen LogP contribution in [0.25, 0.3) is 0 Å². The second kappa shape index (κ2) is 5.27. The molecule has 0 fully saturated rings. The largest absolute Gasteiger partial charge is 0.326 e. The molecule has 0 saturated heterocycles. The molecule has 6 heteroatoms. The first kappa shape index (κ1) is 14.3. The highest BCUT2D eigenvalue weighted by molar-refractivity contribution is 9.10. The van der Waals surface area contributed by atoms with Gasteiger partial charge in [0.15, 0.2) is 9.84 Å². The van der Waals surface area contributed by atoms with Crippen molar-refractivity contribution in [3.8, 4) is 0 Å². The fourth-order valence-electron chi connectivity index (χ4n) is 2.34. The third-order valence-corrected chi connectivity index (χ3v) is 5.49. The number of rotatable bonds is 3. The van der Waals surface area contributed by atoms with Gasteiger partial charge in [-0.3, -0.25) is 4.79 Å². The van der Waals surface area contributed by atoms with Crippen molar-refractivity contribution in [2.45, 2.75) is 17.1 Å². The summed E-state index contributed by atoms with van der Waals surface area (Å²) in [6.45, 7) is 0. The van der Waals surface area contributed by atoms with Gasteiger partial charge in [0.1, 0.15) is 0 Å². The van der Waals surface area contributed by atoms with Crippen molar-refractivity contribution in [3.05, 3.63) is 58.1 Å². The third-order valence-electron chi connectivity index (χ3n) is 3.31. The lowest BCUT2D eigenvalue weighted by molar-refractivity contribution is -0.115. The summed E-state index contributed by atoms with van der Waals surface area (Å²) >= 11 is 3.28. The Morgan fingerprint density at radius 3 is 2.71 bits per heavy atom. The molecule has 1 amide bonds. The molecule has 1 N–H and O–H groups in total. The van der Waals surface area contributed by atoms with Gasteiger partial charge in [-0.1, -0.05) is 34.1 Å². The van der Waals surface area contributed by atoms with Crippen molar-refractivity contribution in [1.29, 1.82) is 0 Å². The highest BCUT2D eigenvalue weighted by atomic mass is 79.9. The molecule has 108 valence electrons. The summed E-state index contributed by atoms with van der Waals surface area (Å²) in [7, 11) is -3.40. The average molecular weight is 366 g/mol. The number of hydrogen-bond donors (Lipinski definition) is 1. The summed E-state index contributed by atoms with van der Waals surface area (Å²) in [6, 6.07) is 11.9. The quantitative estimate of drug-likeness (QED) is 0.909. The van der Waals surface area contributed by atoms with E-state index < -0.39 is 9.84 Å². The van der Waals surface area contributed by atoms with Crippen LogP contribution in [0.15, 0.2) is 51.8 Å². The number of fused-ring (bicyclic) bond motifs is 1. The van der Waals surface area contributed by atoms with Crippen LogP contribution in [0.2, 0.25) is 0 Å². The van der Waals surface area contributed by atoms with E-state index in [-0.39, 0.29) is 16.6 Å². The second-order valence-electron chi connectivity index (χ2n) is 4.93. The fourth-order valence-corrected chi connectivity index (χ4v) is 4.26. The van der Waals surface area contributed by atoms with Gasteiger partial charge in [-0.15, -0.1) is 0 Å². The second-order valence-corrected chi connectivity index (χ2v) is 7.84. The molecular formula is C15H12BrNO3S. The zero-order chi connectivity index (χ0) is 15.0. The minimum atomic E-state index is -3.40. The van der Waals surface area contributed by atoms with E-state index >= 15 is 0 Å². The van der Waals surface area contributed by atoms with Crippen molar-refractivity contribution in [2.75, 3.05) is 5.32 Å². The van der Waals surface area contributed by atoms with Crippen LogP contribution < -0.4 is 5.32 Å². The van der Waals surface area contributed by atoms with Crippen molar-refractivity contribution in [3.63, 3.8) is 0 Å². The van der Waals surface area contributed by atoms with Crippen LogP contribution in [0.3, 0.4) is 0 Å². The zero-order valence-corrected chi connectivity index (χ0v) is 13.4. The molecule has 3 rings (SSSR count). The Bertz CT molecular complexity index is 831. The summed E-state index contributed by atoms with van der Waals surface area (Å²) < 4.78 is 25.6. The number of anilines is 1. The summed E-state index contributed by atoms with van der Waals surface area (Å²) in [5, 5.41) is 2.73. The number of nitrogens with one attached hydrogen (secondary N) is 1. The van der Waals surface area contributed by atoms with Gasteiger partial charge in [-0.25, -0.2) is 8.42 Å². The van der Waals surface area contributed by atoms with E-state index in [1.165, 1.54) is 0 Å². The van der Waals surface area contributed by atoms with E-state index in [4.69, 9.17) is 0 Å². The SMILES string of the molecule is O=C1Cc2cc(CS(=O)(=O)c3cccc(Br)c3)ccc2N1. The Labute approximate surface area is 131 Å². The highest BCUT2D eigenvalue weighted by Gasteiger charge is 2.20. The first-order valence-electron chi connectivity index (χ1n) is 6.34. The van der Waals surface area contributed by atoms with Crippen LogP contribution in [0.1, 0.15) is 11.1 Å². The molecule has 0 spiro atoms. The van der Waals surface area contributed by atoms with Gasteiger partial charge in [-0.05, 0) is 35.4 Å². The van der Waals surface area contributed by atoms with E-state index in [9.17, 15) is 13.2 Å². The molecule has 0 aliphatic carbocycles. The molecule has 2 aromatic rings. The third kappa shape index (κ3) is 3.01. The molecule has 0 saturated carbocycles. The standard InChI is InChI=1S/C15H12BrNO3S/c16-12-2-1-3-13(8-12)21(19,20)9-10-4-5-14-11(6-10)7-15(18)17-14/h1-6,8H,7,9H2,(H,17,18). The van der Waals surface area contributed by atoms with Crippen LogP contribution in [-0.2, 0) is 26.8 Å². The van der Waals surface area contributed by atoms with Crippen molar-refractivity contribution in [1.82, 2.24) is 0 Å². The maximum absolute atomic E-state index is 12.4. The molecule has 1 heterocycles. The minimum Gasteiger partial charge on any atom is -0.326 e. The minimum absolute atomic E-state index is 0.0583. The predicted molar refractivity (Wildman–Crippen MR) is 83.8 cm³/mol. The number of sulfone groups is 1. The predicted octanol–water partition coefficient (Wildman–Crippen LogP) is 2.92. The number of carbonyl (C=O) groups is 1. The van der Waals surface area contributed by atoms with Crippen LogP contribution in [0.5, 0.6) is 0 Å². The number of halogens is 1. The van der Waals surface area contributed by atoms with E-state index in [1.807, 2.05) is 0 Å². The molecule has 2 aromatic carbocycles. The topological polar surface area (TPSA) is 63.2 Å². The van der Waals surface area contributed by atoms with E-state index in [0.717, 1.165) is 15.7 Å². The normalized spacial score (nSPS) is 13.9. The summed E-state index contributed by atoms with van der Waals surface area (Å²) in [5.74, 6) is -0.137. The molecule has 21 heavy (non-hydrogen) atoms. The lowest BCUT2D eigenvalue weighted by Gasteiger charge is -2.07. The number of carbonyl (C=O) groups excluding carboxylic acids is 1. The number of benzene rings is 2. The molecule has 0 atom stereocenters. The molecule has 0 aromatic heterocycles. The van der Waals surface area contributed by atoms with Gasteiger partial charge < -0.3 is 5.32 Å². The Morgan fingerprint density at radius 2 is 1.95 bits per heavy atom. The molecule has 0 radical (unpaired) electrons. The lowest BCUT2D eigenvalue weighted by Crippen LogP contribution is -2.05. The first-order chi connectivity index (χ1) is 9.94. The fraction of sp³-hybridized carbons (Fsp3) is 0.133. The molecule has 1 aliphatic heterocycles. The van der Waals surface area contributed by atoms with Crippen LogP contribution >= 0.6 is 15.9 Å². The van der Waals surface area contributed by atoms with Gasteiger partial charge in [-0.2, -0.15) is 0 Å². The van der Waals surface area contributed by atoms with Crippen molar-refractivity contribution >= 4 is 37.4 Å².